The first-order valence-electron chi connectivity index (χ1n) is 7.05. The van der Waals surface area contributed by atoms with E-state index in [1.165, 1.54) is 25.1 Å². The molecule has 1 aromatic carbocycles. The van der Waals surface area contributed by atoms with Gasteiger partial charge in [-0.15, -0.1) is 0 Å². The van der Waals surface area contributed by atoms with Gasteiger partial charge in [-0.25, -0.2) is 8.42 Å². The van der Waals surface area contributed by atoms with Crippen LogP contribution >= 0.6 is 0 Å². The van der Waals surface area contributed by atoms with Crippen LogP contribution in [0.25, 0.3) is 0 Å². The summed E-state index contributed by atoms with van der Waals surface area (Å²) in [5.74, 6) is -0.700. The molecule has 0 bridgehead atoms. The molecule has 23 heavy (non-hydrogen) atoms. The number of benzene rings is 1. The van der Waals surface area contributed by atoms with Crippen molar-refractivity contribution < 1.29 is 18.0 Å². The fourth-order valence-electron chi connectivity index (χ4n) is 1.86. The van der Waals surface area contributed by atoms with E-state index in [0.717, 1.165) is 19.2 Å². The first-order valence-corrected chi connectivity index (χ1v) is 8.94. The molecule has 0 heterocycles. The van der Waals surface area contributed by atoms with Gasteiger partial charge in [0.05, 0.1) is 17.5 Å². The van der Waals surface area contributed by atoms with E-state index in [-0.39, 0.29) is 17.2 Å². The second-order valence-electron chi connectivity index (χ2n) is 5.03. The van der Waals surface area contributed by atoms with E-state index in [0.29, 0.717) is 12.2 Å². The van der Waals surface area contributed by atoms with Crippen LogP contribution in [-0.2, 0) is 14.8 Å². The predicted octanol–water partition coefficient (Wildman–Crippen LogP) is 0.356. The van der Waals surface area contributed by atoms with E-state index < -0.39 is 15.9 Å². The van der Waals surface area contributed by atoms with Crippen LogP contribution in [-0.4, -0.2) is 46.6 Å². The normalized spacial score (nSPS) is 10.9. The SMILES string of the molecule is CNCCCNC(=O)c1cc(NC(C)=O)ccc1NS(C)(=O)=O. The van der Waals surface area contributed by atoms with Gasteiger partial charge in [-0.1, -0.05) is 0 Å². The van der Waals surface area contributed by atoms with Crippen LogP contribution in [0.3, 0.4) is 0 Å². The van der Waals surface area contributed by atoms with Crippen LogP contribution < -0.4 is 20.7 Å². The third kappa shape index (κ3) is 7.11. The van der Waals surface area contributed by atoms with Crippen LogP contribution in [0.1, 0.15) is 23.7 Å². The van der Waals surface area contributed by atoms with Gasteiger partial charge < -0.3 is 16.0 Å². The van der Waals surface area contributed by atoms with Crippen molar-refractivity contribution in [2.45, 2.75) is 13.3 Å². The lowest BCUT2D eigenvalue weighted by Crippen LogP contribution is -2.28. The molecule has 128 valence electrons. The maximum Gasteiger partial charge on any atom is 0.253 e. The maximum absolute atomic E-state index is 12.3. The molecule has 1 aromatic rings. The largest absolute Gasteiger partial charge is 0.352 e. The van der Waals surface area contributed by atoms with Gasteiger partial charge >= 0.3 is 0 Å². The number of rotatable bonds is 8. The standard InChI is InChI=1S/C14H22N4O4S/c1-10(19)17-11-5-6-13(18-23(3,21)22)12(9-11)14(20)16-8-4-7-15-2/h5-6,9,15,18H,4,7-8H2,1-3H3,(H,16,20)(H,17,19). The Morgan fingerprint density at radius 1 is 1.17 bits per heavy atom. The highest BCUT2D eigenvalue weighted by Gasteiger charge is 2.15. The predicted molar refractivity (Wildman–Crippen MR) is 90.1 cm³/mol. The minimum Gasteiger partial charge on any atom is -0.352 e. The summed E-state index contributed by atoms with van der Waals surface area (Å²) in [6.45, 7) is 2.54. The summed E-state index contributed by atoms with van der Waals surface area (Å²) in [4.78, 5) is 23.4. The molecular weight excluding hydrogens is 320 g/mol. The lowest BCUT2D eigenvalue weighted by molar-refractivity contribution is -0.114. The fourth-order valence-corrected chi connectivity index (χ4v) is 2.44. The van der Waals surface area contributed by atoms with Gasteiger partial charge in [0.2, 0.25) is 15.9 Å². The number of amides is 2. The molecule has 0 aliphatic rings. The van der Waals surface area contributed by atoms with Crippen LogP contribution in [0.15, 0.2) is 18.2 Å². The molecule has 0 atom stereocenters. The number of anilines is 2. The number of hydrogen-bond donors (Lipinski definition) is 4. The van der Waals surface area contributed by atoms with Crippen molar-refractivity contribution in [3.05, 3.63) is 23.8 Å². The van der Waals surface area contributed by atoms with Crippen LogP contribution in [0.5, 0.6) is 0 Å². The van der Waals surface area contributed by atoms with Crippen LogP contribution in [0.4, 0.5) is 11.4 Å². The Labute approximate surface area is 136 Å². The second-order valence-corrected chi connectivity index (χ2v) is 6.78. The third-order valence-electron chi connectivity index (χ3n) is 2.77. The van der Waals surface area contributed by atoms with E-state index in [1.54, 1.807) is 0 Å². The smallest absolute Gasteiger partial charge is 0.253 e. The summed E-state index contributed by atoms with van der Waals surface area (Å²) in [7, 11) is -1.71. The van der Waals surface area contributed by atoms with Gasteiger partial charge in [-0.3, -0.25) is 14.3 Å². The van der Waals surface area contributed by atoms with Crippen molar-refractivity contribution in [2.75, 3.05) is 36.4 Å². The zero-order valence-electron chi connectivity index (χ0n) is 13.4. The number of hydrogen-bond acceptors (Lipinski definition) is 5. The Hall–Kier alpha value is -2.13. The van der Waals surface area contributed by atoms with Gasteiger partial charge in [0.1, 0.15) is 0 Å². The number of sulfonamides is 1. The molecule has 0 fully saturated rings. The fraction of sp³-hybridized carbons (Fsp3) is 0.429. The first kappa shape index (κ1) is 18.9. The van der Waals surface area contributed by atoms with Crippen molar-refractivity contribution >= 4 is 33.2 Å². The van der Waals surface area contributed by atoms with Crippen LogP contribution in [0, 0.1) is 0 Å². The molecule has 0 spiro atoms. The van der Waals surface area contributed by atoms with Crippen molar-refractivity contribution in [1.29, 1.82) is 0 Å². The summed E-state index contributed by atoms with van der Waals surface area (Å²) < 4.78 is 25.1. The summed E-state index contributed by atoms with van der Waals surface area (Å²) in [5.41, 5.74) is 0.718. The quantitative estimate of drug-likeness (QED) is 0.509. The van der Waals surface area contributed by atoms with Gasteiger partial charge in [0.15, 0.2) is 0 Å². The molecule has 0 aromatic heterocycles. The molecule has 0 aliphatic heterocycles. The number of carbonyl (C=O) groups is 2. The lowest BCUT2D eigenvalue weighted by atomic mass is 10.1. The summed E-state index contributed by atoms with van der Waals surface area (Å²) in [6, 6.07) is 4.39. The van der Waals surface area contributed by atoms with Gasteiger partial charge in [0.25, 0.3) is 5.91 Å². The summed E-state index contributed by atoms with van der Waals surface area (Å²) >= 11 is 0. The molecule has 0 aliphatic carbocycles. The average Bonchev–Trinajstić information content (AvgIpc) is 2.43. The van der Waals surface area contributed by atoms with Gasteiger partial charge in [-0.05, 0) is 38.2 Å². The van der Waals surface area contributed by atoms with Crippen molar-refractivity contribution in [2.24, 2.45) is 0 Å². The van der Waals surface area contributed by atoms with Crippen molar-refractivity contribution in [1.82, 2.24) is 10.6 Å². The highest BCUT2D eigenvalue weighted by atomic mass is 32.2. The highest BCUT2D eigenvalue weighted by molar-refractivity contribution is 7.92. The number of nitrogens with one attached hydrogen (secondary N) is 4. The zero-order valence-corrected chi connectivity index (χ0v) is 14.2. The van der Waals surface area contributed by atoms with E-state index in [1.807, 2.05) is 7.05 Å². The first-order chi connectivity index (χ1) is 10.7. The molecular formula is C14H22N4O4S. The highest BCUT2D eigenvalue weighted by Crippen LogP contribution is 2.21. The number of carbonyl (C=O) groups excluding carboxylic acids is 2. The maximum atomic E-state index is 12.3. The van der Waals surface area contributed by atoms with Crippen LogP contribution in [0.2, 0.25) is 0 Å². The summed E-state index contributed by atoms with van der Waals surface area (Å²) in [5, 5.41) is 8.24. The Morgan fingerprint density at radius 3 is 2.43 bits per heavy atom. The lowest BCUT2D eigenvalue weighted by Gasteiger charge is -2.13. The Bertz CT molecular complexity index is 673. The molecule has 2 amide bonds. The van der Waals surface area contributed by atoms with Crippen molar-refractivity contribution in [3.63, 3.8) is 0 Å². The molecule has 4 N–H and O–H groups in total. The minimum absolute atomic E-state index is 0.145. The molecule has 1 rings (SSSR count). The molecule has 8 nitrogen and oxygen atoms in total. The Kier molecular flexibility index (Phi) is 6.98. The molecule has 0 unspecified atom stereocenters. The van der Waals surface area contributed by atoms with Gasteiger partial charge in [-0.2, -0.15) is 0 Å². The van der Waals surface area contributed by atoms with E-state index in [4.69, 9.17) is 0 Å². The topological polar surface area (TPSA) is 116 Å². The van der Waals surface area contributed by atoms with E-state index in [2.05, 4.69) is 20.7 Å². The molecule has 0 saturated heterocycles. The van der Waals surface area contributed by atoms with E-state index in [9.17, 15) is 18.0 Å². The summed E-state index contributed by atoms with van der Waals surface area (Å²) in [6.07, 6.45) is 1.74. The van der Waals surface area contributed by atoms with E-state index >= 15 is 0 Å². The minimum atomic E-state index is -3.53. The monoisotopic (exact) mass is 342 g/mol. The molecule has 0 radical (unpaired) electrons. The Balaban J connectivity index is 3.01. The Morgan fingerprint density at radius 2 is 1.87 bits per heavy atom. The molecule has 0 saturated carbocycles. The molecule has 9 heteroatoms. The van der Waals surface area contributed by atoms with Crippen molar-refractivity contribution in [3.8, 4) is 0 Å². The van der Waals surface area contributed by atoms with Gasteiger partial charge in [0, 0.05) is 19.2 Å². The second kappa shape index (κ2) is 8.49. The zero-order chi connectivity index (χ0) is 17.5. The average molecular weight is 342 g/mol. The third-order valence-corrected chi connectivity index (χ3v) is 3.36.